The van der Waals surface area contributed by atoms with Gasteiger partial charge >= 0.3 is 0 Å². The van der Waals surface area contributed by atoms with Crippen LogP contribution in [0, 0.1) is 0 Å². The summed E-state index contributed by atoms with van der Waals surface area (Å²) in [7, 11) is 0. The summed E-state index contributed by atoms with van der Waals surface area (Å²) in [5, 5.41) is 12.8. The third-order valence-corrected chi connectivity index (χ3v) is 2.30. The van der Waals surface area contributed by atoms with Crippen LogP contribution < -0.4 is 0 Å². The van der Waals surface area contributed by atoms with E-state index in [9.17, 15) is 5.11 Å². The van der Waals surface area contributed by atoms with E-state index in [-0.39, 0.29) is 0 Å². The zero-order valence-corrected chi connectivity index (χ0v) is 8.32. The first-order valence-corrected chi connectivity index (χ1v) is 4.64. The summed E-state index contributed by atoms with van der Waals surface area (Å²) in [6, 6.07) is 9.52. The number of para-hydroxylation sites is 1. The Morgan fingerprint density at radius 1 is 1.14 bits per heavy atom. The van der Waals surface area contributed by atoms with Crippen LogP contribution >= 0.6 is 0 Å². The first-order chi connectivity index (χ1) is 6.59. The summed E-state index contributed by atoms with van der Waals surface area (Å²) < 4.78 is 0. The molecular formula is C12H12NO. The monoisotopic (exact) mass is 186 g/mol. The maximum Gasteiger partial charge on any atom is 0.124 e. The van der Waals surface area contributed by atoms with Gasteiger partial charge in [-0.3, -0.25) is 4.98 Å². The van der Waals surface area contributed by atoms with Crippen molar-refractivity contribution < 1.29 is 5.11 Å². The molecule has 2 heteroatoms. The van der Waals surface area contributed by atoms with Crippen molar-refractivity contribution in [3.8, 4) is 0 Å². The van der Waals surface area contributed by atoms with Crippen LogP contribution in [-0.2, 0) is 10.7 Å². The van der Waals surface area contributed by atoms with Gasteiger partial charge in [-0.2, -0.15) is 0 Å². The highest BCUT2D eigenvalue weighted by Gasteiger charge is 2.20. The molecule has 2 rings (SSSR count). The van der Waals surface area contributed by atoms with Gasteiger partial charge < -0.3 is 0 Å². The fraction of sp³-hybridized carbons (Fsp3) is 0.250. The molecule has 0 aliphatic rings. The summed E-state index contributed by atoms with van der Waals surface area (Å²) in [6.07, 6.45) is 1.69. The molecule has 0 saturated heterocycles. The average molecular weight is 186 g/mol. The van der Waals surface area contributed by atoms with Crippen LogP contribution in [-0.4, -0.2) is 4.98 Å². The lowest BCUT2D eigenvalue weighted by atomic mass is 9.95. The van der Waals surface area contributed by atoms with Gasteiger partial charge in [0.05, 0.1) is 5.52 Å². The number of aromatic nitrogens is 1. The molecule has 0 aliphatic carbocycles. The number of benzene rings is 1. The molecule has 0 saturated carbocycles. The zero-order valence-electron chi connectivity index (χ0n) is 8.32. The van der Waals surface area contributed by atoms with E-state index < -0.39 is 5.60 Å². The second-order valence-corrected chi connectivity index (χ2v) is 3.89. The molecule has 1 heterocycles. The van der Waals surface area contributed by atoms with E-state index in [1.54, 1.807) is 26.1 Å². The summed E-state index contributed by atoms with van der Waals surface area (Å²) >= 11 is 0. The van der Waals surface area contributed by atoms with Gasteiger partial charge in [-0.1, -0.05) is 18.2 Å². The first kappa shape index (κ1) is 9.16. The normalized spacial score (nSPS) is 11.9. The topological polar surface area (TPSA) is 32.8 Å². The van der Waals surface area contributed by atoms with Crippen LogP contribution in [0.3, 0.4) is 0 Å². The lowest BCUT2D eigenvalue weighted by Crippen LogP contribution is -2.14. The Labute approximate surface area is 83.2 Å². The molecule has 0 aliphatic heterocycles. The molecule has 71 valence electrons. The molecule has 0 atom stereocenters. The zero-order chi connectivity index (χ0) is 10.2. The highest BCUT2D eigenvalue weighted by Crippen LogP contribution is 2.27. The number of rotatable bonds is 1. The molecule has 0 unspecified atom stereocenters. The Morgan fingerprint density at radius 3 is 2.57 bits per heavy atom. The third-order valence-electron chi connectivity index (χ3n) is 2.30. The summed E-state index contributed by atoms with van der Waals surface area (Å²) in [5.74, 6) is 0. The molecule has 0 amide bonds. The molecule has 2 aromatic rings. The second kappa shape index (κ2) is 3.07. The van der Waals surface area contributed by atoms with E-state index in [0.29, 0.717) is 0 Å². The Kier molecular flexibility index (Phi) is 2.01. The number of hydrogen-bond acceptors (Lipinski definition) is 1. The van der Waals surface area contributed by atoms with E-state index >= 15 is 0 Å². The van der Waals surface area contributed by atoms with Gasteiger partial charge in [0.2, 0.25) is 0 Å². The van der Waals surface area contributed by atoms with Crippen molar-refractivity contribution >= 4 is 10.9 Å². The quantitative estimate of drug-likeness (QED) is 0.674. The molecular weight excluding hydrogens is 174 g/mol. The number of fused-ring (bicyclic) bond motifs is 1. The van der Waals surface area contributed by atoms with Crippen LogP contribution in [0.1, 0.15) is 19.4 Å². The maximum atomic E-state index is 11.9. The van der Waals surface area contributed by atoms with Crippen molar-refractivity contribution in [3.05, 3.63) is 42.1 Å². The van der Waals surface area contributed by atoms with Gasteiger partial charge in [0.25, 0.3) is 0 Å². The fourth-order valence-electron chi connectivity index (χ4n) is 1.62. The Morgan fingerprint density at radius 2 is 1.86 bits per heavy atom. The van der Waals surface area contributed by atoms with Crippen LogP contribution in [0.4, 0.5) is 0 Å². The second-order valence-electron chi connectivity index (χ2n) is 3.89. The Bertz CT molecular complexity index is 452. The molecule has 1 aromatic heterocycles. The number of hydrogen-bond donors (Lipinski definition) is 0. The largest absolute Gasteiger partial charge is 0.256 e. The molecule has 0 bridgehead atoms. The maximum absolute atomic E-state index is 11.9. The molecule has 0 fully saturated rings. The summed E-state index contributed by atoms with van der Waals surface area (Å²) in [6.45, 7) is 3.35. The standard InChI is InChI=1S/C12H12NO/c1-12(2,14)10-7-8-13-11-6-4-3-5-9(10)11/h3-8H,1-2H3. The van der Waals surface area contributed by atoms with Crippen LogP contribution in [0.15, 0.2) is 36.5 Å². The van der Waals surface area contributed by atoms with Gasteiger partial charge in [0.1, 0.15) is 5.60 Å². The average Bonchev–Trinajstić information content (AvgIpc) is 2.15. The van der Waals surface area contributed by atoms with Gasteiger partial charge in [0, 0.05) is 11.6 Å². The van der Waals surface area contributed by atoms with Gasteiger partial charge in [-0.25, -0.2) is 5.11 Å². The SMILES string of the molecule is CC(C)([O])c1ccnc2ccccc12. The smallest absolute Gasteiger partial charge is 0.124 e. The van der Waals surface area contributed by atoms with E-state index in [0.717, 1.165) is 16.5 Å². The van der Waals surface area contributed by atoms with E-state index in [1.165, 1.54) is 0 Å². The van der Waals surface area contributed by atoms with Crippen molar-refractivity contribution in [2.45, 2.75) is 19.4 Å². The van der Waals surface area contributed by atoms with Gasteiger partial charge in [-0.15, -0.1) is 0 Å². The Hall–Kier alpha value is -1.41. The van der Waals surface area contributed by atoms with Crippen molar-refractivity contribution in [2.75, 3.05) is 0 Å². The minimum absolute atomic E-state index is 0.808. The summed E-state index contributed by atoms with van der Waals surface area (Å²) in [5.41, 5.74) is 0.625. The van der Waals surface area contributed by atoms with E-state index in [4.69, 9.17) is 0 Å². The minimum atomic E-state index is -1.07. The lowest BCUT2D eigenvalue weighted by Gasteiger charge is -2.16. The predicted octanol–water partition coefficient (Wildman–Crippen LogP) is 2.90. The van der Waals surface area contributed by atoms with Gasteiger partial charge in [-0.05, 0) is 31.5 Å². The molecule has 1 radical (unpaired) electrons. The molecule has 2 nitrogen and oxygen atoms in total. The van der Waals surface area contributed by atoms with Crippen LogP contribution in [0.5, 0.6) is 0 Å². The Balaban J connectivity index is 2.78. The van der Waals surface area contributed by atoms with E-state index in [2.05, 4.69) is 4.98 Å². The molecule has 0 spiro atoms. The van der Waals surface area contributed by atoms with Crippen molar-refractivity contribution in [1.29, 1.82) is 0 Å². The molecule has 14 heavy (non-hydrogen) atoms. The number of pyridine rings is 1. The van der Waals surface area contributed by atoms with Crippen molar-refractivity contribution in [2.24, 2.45) is 0 Å². The molecule has 0 N–H and O–H groups in total. The molecule has 1 aromatic carbocycles. The predicted molar refractivity (Wildman–Crippen MR) is 55.5 cm³/mol. The number of nitrogens with zero attached hydrogens (tertiary/aromatic N) is 1. The van der Waals surface area contributed by atoms with Crippen LogP contribution in [0.2, 0.25) is 0 Å². The minimum Gasteiger partial charge on any atom is -0.256 e. The highest BCUT2D eigenvalue weighted by molar-refractivity contribution is 5.82. The lowest BCUT2D eigenvalue weighted by molar-refractivity contribution is 0.00118. The van der Waals surface area contributed by atoms with Crippen molar-refractivity contribution in [3.63, 3.8) is 0 Å². The van der Waals surface area contributed by atoms with Gasteiger partial charge in [0.15, 0.2) is 0 Å². The highest BCUT2D eigenvalue weighted by atomic mass is 16.3. The fourth-order valence-corrected chi connectivity index (χ4v) is 1.62. The van der Waals surface area contributed by atoms with Crippen molar-refractivity contribution in [1.82, 2.24) is 4.98 Å². The van der Waals surface area contributed by atoms with Crippen LogP contribution in [0.25, 0.3) is 10.9 Å². The third kappa shape index (κ3) is 1.49. The first-order valence-electron chi connectivity index (χ1n) is 4.64. The summed E-state index contributed by atoms with van der Waals surface area (Å²) in [4.78, 5) is 4.22. The van der Waals surface area contributed by atoms with E-state index in [1.807, 2.05) is 24.3 Å².